The maximum Gasteiger partial charge on any atom is 0.255 e. The van der Waals surface area contributed by atoms with Crippen molar-refractivity contribution < 1.29 is 9.53 Å². The third-order valence-electron chi connectivity index (χ3n) is 3.32. The summed E-state index contributed by atoms with van der Waals surface area (Å²) in [6.45, 7) is 1.89. The first kappa shape index (κ1) is 15.3. The molecule has 1 N–H and O–H groups in total. The van der Waals surface area contributed by atoms with Crippen LogP contribution in [0.1, 0.15) is 22.8 Å². The minimum atomic E-state index is -0.659. The summed E-state index contributed by atoms with van der Waals surface area (Å²) in [5.41, 5.74) is 0.718. The molecular weight excluding hydrogens is 288 g/mol. The Kier molecular flexibility index (Phi) is 4.81. The van der Waals surface area contributed by atoms with E-state index in [1.165, 1.54) is 13.3 Å². The van der Waals surface area contributed by atoms with Crippen molar-refractivity contribution in [3.63, 3.8) is 0 Å². The first-order valence-electron chi connectivity index (χ1n) is 6.53. The van der Waals surface area contributed by atoms with E-state index < -0.39 is 5.54 Å². The second kappa shape index (κ2) is 6.59. The number of alkyl halides is 1. The zero-order valence-electron chi connectivity index (χ0n) is 12.0. The Labute approximate surface area is 129 Å². The number of halogens is 1. The second-order valence-corrected chi connectivity index (χ2v) is 5.13. The van der Waals surface area contributed by atoms with Gasteiger partial charge in [0.25, 0.3) is 5.91 Å². The fourth-order valence-electron chi connectivity index (χ4n) is 2.04. The molecule has 1 aromatic carbocycles. The molecule has 4 nitrogen and oxygen atoms in total. The molecule has 2 aromatic rings. The number of carbonyl (C=O) groups excluding carboxylic acids is 1. The van der Waals surface area contributed by atoms with Crippen LogP contribution in [-0.2, 0) is 5.54 Å². The highest BCUT2D eigenvalue weighted by Gasteiger charge is 2.28. The smallest absolute Gasteiger partial charge is 0.255 e. The number of methoxy groups -OCH3 is 1. The van der Waals surface area contributed by atoms with Gasteiger partial charge in [-0.1, -0.05) is 30.3 Å². The average molecular weight is 305 g/mol. The lowest BCUT2D eigenvalue weighted by molar-refractivity contribution is 0.0910. The molecule has 0 aliphatic heterocycles. The number of ether oxygens (including phenoxy) is 1. The number of nitrogens with zero attached hydrogens (tertiary/aromatic N) is 1. The molecule has 1 amide bonds. The highest BCUT2D eigenvalue weighted by Crippen LogP contribution is 2.24. The number of pyridine rings is 1. The van der Waals surface area contributed by atoms with E-state index in [0.717, 1.165) is 5.56 Å². The molecule has 0 aliphatic carbocycles. The molecule has 5 heteroatoms. The summed E-state index contributed by atoms with van der Waals surface area (Å²) >= 11 is 6.09. The van der Waals surface area contributed by atoms with Gasteiger partial charge < -0.3 is 10.1 Å². The van der Waals surface area contributed by atoms with Crippen LogP contribution in [0.4, 0.5) is 0 Å². The fraction of sp³-hybridized carbons (Fsp3) is 0.250. The monoisotopic (exact) mass is 304 g/mol. The Bertz CT molecular complexity index is 619. The molecule has 0 radical (unpaired) electrons. The lowest BCUT2D eigenvalue weighted by Crippen LogP contribution is -2.45. The molecule has 0 fully saturated rings. The maximum atomic E-state index is 12.5. The van der Waals surface area contributed by atoms with E-state index in [2.05, 4.69) is 10.3 Å². The maximum absolute atomic E-state index is 12.5. The Morgan fingerprint density at radius 3 is 2.67 bits per heavy atom. The SMILES string of the molecule is COc1cnccc1C(=O)NC(C)(CCl)c1ccccc1. The molecule has 0 saturated carbocycles. The Hall–Kier alpha value is -2.07. The summed E-state index contributed by atoms with van der Waals surface area (Å²) in [5, 5.41) is 2.97. The molecule has 110 valence electrons. The zero-order chi connectivity index (χ0) is 15.3. The predicted molar refractivity (Wildman–Crippen MR) is 82.8 cm³/mol. The van der Waals surface area contributed by atoms with Gasteiger partial charge in [-0.05, 0) is 18.6 Å². The van der Waals surface area contributed by atoms with Crippen molar-refractivity contribution in [2.24, 2.45) is 0 Å². The van der Waals surface area contributed by atoms with Crippen LogP contribution in [0.5, 0.6) is 5.75 Å². The van der Waals surface area contributed by atoms with Crippen molar-refractivity contribution in [2.75, 3.05) is 13.0 Å². The molecule has 0 bridgehead atoms. The molecule has 2 rings (SSSR count). The molecule has 0 spiro atoms. The zero-order valence-corrected chi connectivity index (χ0v) is 12.7. The number of hydrogen-bond acceptors (Lipinski definition) is 3. The third-order valence-corrected chi connectivity index (χ3v) is 3.85. The lowest BCUT2D eigenvalue weighted by atomic mass is 9.93. The van der Waals surface area contributed by atoms with Gasteiger partial charge in [0.15, 0.2) is 0 Å². The Morgan fingerprint density at radius 1 is 1.33 bits per heavy atom. The van der Waals surface area contributed by atoms with Crippen LogP contribution in [0, 0.1) is 0 Å². The van der Waals surface area contributed by atoms with Crippen molar-refractivity contribution in [1.29, 1.82) is 0 Å². The van der Waals surface area contributed by atoms with Crippen LogP contribution in [0.3, 0.4) is 0 Å². The van der Waals surface area contributed by atoms with Crippen LogP contribution < -0.4 is 10.1 Å². The first-order valence-corrected chi connectivity index (χ1v) is 7.06. The van der Waals surface area contributed by atoms with Crippen molar-refractivity contribution in [3.8, 4) is 5.75 Å². The number of hydrogen-bond donors (Lipinski definition) is 1. The van der Waals surface area contributed by atoms with E-state index in [1.807, 2.05) is 37.3 Å². The molecular formula is C16H17ClN2O2. The van der Waals surface area contributed by atoms with Gasteiger partial charge in [0.2, 0.25) is 0 Å². The Morgan fingerprint density at radius 2 is 2.05 bits per heavy atom. The van der Waals surface area contributed by atoms with Crippen LogP contribution in [0.2, 0.25) is 0 Å². The van der Waals surface area contributed by atoms with Gasteiger partial charge >= 0.3 is 0 Å². The quantitative estimate of drug-likeness (QED) is 0.864. The number of carbonyl (C=O) groups is 1. The number of amides is 1. The predicted octanol–water partition coefficient (Wildman–Crippen LogP) is 2.97. The van der Waals surface area contributed by atoms with Gasteiger partial charge in [-0.3, -0.25) is 9.78 Å². The van der Waals surface area contributed by atoms with Crippen molar-refractivity contribution in [3.05, 3.63) is 59.9 Å². The molecule has 1 atom stereocenters. The van der Waals surface area contributed by atoms with E-state index in [1.54, 1.807) is 12.3 Å². The summed E-state index contributed by atoms with van der Waals surface area (Å²) in [7, 11) is 1.51. The van der Waals surface area contributed by atoms with E-state index in [-0.39, 0.29) is 11.8 Å². The Balaban J connectivity index is 2.28. The van der Waals surface area contributed by atoms with E-state index in [4.69, 9.17) is 16.3 Å². The average Bonchev–Trinajstić information content (AvgIpc) is 2.55. The summed E-state index contributed by atoms with van der Waals surface area (Å²) in [6.07, 6.45) is 3.06. The van der Waals surface area contributed by atoms with Crippen molar-refractivity contribution in [2.45, 2.75) is 12.5 Å². The molecule has 1 unspecified atom stereocenters. The van der Waals surface area contributed by atoms with E-state index >= 15 is 0 Å². The normalized spacial score (nSPS) is 13.3. The fourth-order valence-corrected chi connectivity index (χ4v) is 2.26. The summed E-state index contributed by atoms with van der Waals surface area (Å²) < 4.78 is 5.16. The topological polar surface area (TPSA) is 51.2 Å². The minimum absolute atomic E-state index is 0.249. The van der Waals surface area contributed by atoms with Crippen molar-refractivity contribution in [1.82, 2.24) is 10.3 Å². The molecule has 0 aliphatic rings. The van der Waals surface area contributed by atoms with Crippen LogP contribution >= 0.6 is 11.6 Å². The van der Waals surface area contributed by atoms with Gasteiger partial charge in [0.1, 0.15) is 5.75 Å². The van der Waals surface area contributed by atoms with E-state index in [0.29, 0.717) is 11.3 Å². The van der Waals surface area contributed by atoms with Gasteiger partial charge in [0, 0.05) is 12.1 Å². The number of aromatic nitrogens is 1. The summed E-state index contributed by atoms with van der Waals surface area (Å²) in [5.74, 6) is 0.442. The summed E-state index contributed by atoms with van der Waals surface area (Å²) in [6, 6.07) is 11.2. The second-order valence-electron chi connectivity index (χ2n) is 4.86. The van der Waals surface area contributed by atoms with Crippen LogP contribution in [0.25, 0.3) is 0 Å². The molecule has 1 aromatic heterocycles. The standard InChI is InChI=1S/C16H17ClN2O2/c1-16(11-17,12-6-4-3-5-7-12)19-15(20)13-8-9-18-10-14(13)21-2/h3-10H,11H2,1-2H3,(H,19,20). The van der Waals surface area contributed by atoms with Gasteiger partial charge in [-0.25, -0.2) is 0 Å². The third kappa shape index (κ3) is 3.34. The molecule has 1 heterocycles. The highest BCUT2D eigenvalue weighted by molar-refractivity contribution is 6.19. The summed E-state index contributed by atoms with van der Waals surface area (Å²) in [4.78, 5) is 16.4. The van der Waals surface area contributed by atoms with E-state index in [9.17, 15) is 4.79 Å². The van der Waals surface area contributed by atoms with Gasteiger partial charge in [-0.15, -0.1) is 11.6 Å². The lowest BCUT2D eigenvalue weighted by Gasteiger charge is -2.29. The van der Waals surface area contributed by atoms with Crippen LogP contribution in [-0.4, -0.2) is 23.9 Å². The minimum Gasteiger partial charge on any atom is -0.494 e. The highest BCUT2D eigenvalue weighted by atomic mass is 35.5. The van der Waals surface area contributed by atoms with Gasteiger partial charge in [-0.2, -0.15) is 0 Å². The van der Waals surface area contributed by atoms with Crippen LogP contribution in [0.15, 0.2) is 48.8 Å². The number of nitrogens with one attached hydrogen (secondary N) is 1. The first-order chi connectivity index (χ1) is 10.1. The molecule has 0 saturated heterocycles. The van der Waals surface area contributed by atoms with Crippen molar-refractivity contribution >= 4 is 17.5 Å². The number of rotatable bonds is 5. The molecule has 21 heavy (non-hydrogen) atoms. The van der Waals surface area contributed by atoms with Gasteiger partial charge in [0.05, 0.1) is 24.4 Å². The largest absolute Gasteiger partial charge is 0.494 e. The number of benzene rings is 1.